The Labute approximate surface area is 151 Å². The molecule has 1 aromatic rings. The van der Waals surface area contributed by atoms with Crippen LogP contribution in [0.5, 0.6) is 0 Å². The largest absolute Gasteiger partial charge is 0.462 e. The molecular formula is C20H32N2O3. The maximum absolute atomic E-state index is 11.9. The highest BCUT2D eigenvalue weighted by Gasteiger charge is 2.09. The second kappa shape index (κ2) is 11.6. The quantitative estimate of drug-likeness (QED) is 0.471. The normalized spacial score (nSPS) is 11.0. The molecule has 0 saturated carbocycles. The Balaban J connectivity index is 2.27. The Morgan fingerprint density at radius 2 is 1.68 bits per heavy atom. The average molecular weight is 348 g/mol. The van der Waals surface area contributed by atoms with E-state index < -0.39 is 0 Å². The summed E-state index contributed by atoms with van der Waals surface area (Å²) in [6.07, 6.45) is 2.35. The summed E-state index contributed by atoms with van der Waals surface area (Å²) < 4.78 is 5.18. The molecule has 5 nitrogen and oxygen atoms in total. The van der Waals surface area contributed by atoms with Gasteiger partial charge >= 0.3 is 5.97 Å². The van der Waals surface area contributed by atoms with Crippen molar-refractivity contribution in [3.8, 4) is 0 Å². The van der Waals surface area contributed by atoms with Gasteiger partial charge in [0.1, 0.15) is 0 Å². The molecule has 1 amide bonds. The lowest BCUT2D eigenvalue weighted by atomic mass is 10.2. The lowest BCUT2D eigenvalue weighted by molar-refractivity contribution is -0.116. The number of benzene rings is 1. The van der Waals surface area contributed by atoms with E-state index in [2.05, 4.69) is 24.5 Å². The van der Waals surface area contributed by atoms with E-state index in [0.717, 1.165) is 25.9 Å². The van der Waals surface area contributed by atoms with E-state index in [4.69, 9.17) is 4.74 Å². The molecule has 5 heteroatoms. The zero-order chi connectivity index (χ0) is 18.7. The summed E-state index contributed by atoms with van der Waals surface area (Å²) in [6.45, 7) is 10.7. The van der Waals surface area contributed by atoms with E-state index in [9.17, 15) is 9.59 Å². The molecule has 0 radical (unpaired) electrons. The Morgan fingerprint density at radius 1 is 1.00 bits per heavy atom. The van der Waals surface area contributed by atoms with Gasteiger partial charge in [0, 0.05) is 12.1 Å². The monoisotopic (exact) mass is 348 g/mol. The zero-order valence-electron chi connectivity index (χ0n) is 15.9. The third-order valence-corrected chi connectivity index (χ3v) is 3.51. The van der Waals surface area contributed by atoms with Crippen molar-refractivity contribution in [2.45, 2.75) is 47.0 Å². The molecule has 25 heavy (non-hydrogen) atoms. The van der Waals surface area contributed by atoms with Crippen LogP contribution in [0.4, 0.5) is 5.69 Å². The fraction of sp³-hybridized carbons (Fsp3) is 0.600. The van der Waals surface area contributed by atoms with Crippen LogP contribution in [-0.4, -0.2) is 31.6 Å². The van der Waals surface area contributed by atoms with Gasteiger partial charge in [0.2, 0.25) is 5.91 Å². The summed E-state index contributed by atoms with van der Waals surface area (Å²) in [5.41, 5.74) is 1.19. The van der Waals surface area contributed by atoms with Crippen LogP contribution in [0.15, 0.2) is 24.3 Å². The van der Waals surface area contributed by atoms with Gasteiger partial charge < -0.3 is 15.4 Å². The minimum absolute atomic E-state index is 0.000932. The van der Waals surface area contributed by atoms with Crippen molar-refractivity contribution in [3.63, 3.8) is 0 Å². The number of unbranched alkanes of at least 4 members (excludes halogenated alkanes) is 1. The van der Waals surface area contributed by atoms with E-state index >= 15 is 0 Å². The van der Waals surface area contributed by atoms with E-state index in [1.807, 2.05) is 13.8 Å². The highest BCUT2D eigenvalue weighted by Crippen LogP contribution is 2.12. The van der Waals surface area contributed by atoms with Crippen molar-refractivity contribution < 1.29 is 14.3 Å². The molecule has 0 aliphatic carbocycles. The van der Waals surface area contributed by atoms with Gasteiger partial charge in [0.25, 0.3) is 0 Å². The molecule has 2 N–H and O–H groups in total. The predicted molar refractivity (Wildman–Crippen MR) is 102 cm³/mol. The summed E-state index contributed by atoms with van der Waals surface area (Å²) in [4.78, 5) is 23.8. The summed E-state index contributed by atoms with van der Waals surface area (Å²) in [6, 6.07) is 6.81. The molecule has 140 valence electrons. The smallest absolute Gasteiger partial charge is 0.338 e. The molecule has 0 aromatic heterocycles. The maximum Gasteiger partial charge on any atom is 0.338 e. The summed E-state index contributed by atoms with van der Waals surface area (Å²) in [7, 11) is 0. The average Bonchev–Trinajstić information content (AvgIpc) is 2.56. The molecule has 0 fully saturated rings. The second-order valence-electron chi connectivity index (χ2n) is 7.17. The minimum Gasteiger partial charge on any atom is -0.462 e. The summed E-state index contributed by atoms with van der Waals surface area (Å²) in [5, 5.41) is 6.22. The first kappa shape index (κ1) is 21.2. The van der Waals surface area contributed by atoms with E-state index in [0.29, 0.717) is 36.1 Å². The Morgan fingerprint density at radius 3 is 2.28 bits per heavy atom. The molecule has 0 saturated heterocycles. The van der Waals surface area contributed by atoms with E-state index in [1.165, 1.54) is 0 Å². The molecule has 0 bridgehead atoms. The van der Waals surface area contributed by atoms with E-state index in [-0.39, 0.29) is 11.9 Å². The Kier molecular flexibility index (Phi) is 9.85. The van der Waals surface area contributed by atoms with Crippen molar-refractivity contribution >= 4 is 17.6 Å². The minimum atomic E-state index is -0.333. The number of amides is 1. The molecule has 1 rings (SSSR count). The van der Waals surface area contributed by atoms with Crippen LogP contribution in [0.2, 0.25) is 0 Å². The van der Waals surface area contributed by atoms with Gasteiger partial charge in [-0.3, -0.25) is 4.79 Å². The number of rotatable bonds is 11. The zero-order valence-corrected chi connectivity index (χ0v) is 15.9. The first-order valence-electron chi connectivity index (χ1n) is 9.16. The number of carbonyl (C=O) groups excluding carboxylic acids is 2. The van der Waals surface area contributed by atoms with Gasteiger partial charge in [-0.15, -0.1) is 0 Å². The second-order valence-corrected chi connectivity index (χ2v) is 7.17. The molecule has 0 aliphatic rings. The molecule has 0 unspecified atom stereocenters. The predicted octanol–water partition coefficient (Wildman–Crippen LogP) is 3.85. The van der Waals surface area contributed by atoms with Gasteiger partial charge in [-0.05, 0) is 62.0 Å². The number of hydrogen-bond donors (Lipinski definition) is 2. The van der Waals surface area contributed by atoms with Crippen LogP contribution in [0, 0.1) is 11.8 Å². The number of anilines is 1. The van der Waals surface area contributed by atoms with Gasteiger partial charge in [0.15, 0.2) is 0 Å². The maximum atomic E-state index is 11.9. The molecule has 0 spiro atoms. The molecule has 0 atom stereocenters. The SMILES string of the molecule is CC(C)CNCCCCC(=O)Nc1ccc(C(=O)OCC(C)C)cc1. The van der Waals surface area contributed by atoms with Crippen molar-refractivity contribution in [1.29, 1.82) is 0 Å². The van der Waals surface area contributed by atoms with Crippen molar-refractivity contribution in [1.82, 2.24) is 5.32 Å². The Bertz CT molecular complexity index is 524. The van der Waals surface area contributed by atoms with Gasteiger partial charge in [-0.25, -0.2) is 4.79 Å². The van der Waals surface area contributed by atoms with Crippen LogP contribution in [0.25, 0.3) is 0 Å². The standard InChI is InChI=1S/C20H32N2O3/c1-15(2)13-21-12-6-5-7-19(23)22-18-10-8-17(9-11-18)20(24)25-14-16(3)4/h8-11,15-16,21H,5-7,12-14H2,1-4H3,(H,22,23). The molecule has 0 aliphatic heterocycles. The van der Waals surface area contributed by atoms with Gasteiger partial charge in [-0.1, -0.05) is 27.7 Å². The van der Waals surface area contributed by atoms with Crippen molar-refractivity contribution in [2.24, 2.45) is 11.8 Å². The summed E-state index contributed by atoms with van der Waals surface area (Å²) >= 11 is 0. The number of nitrogens with one attached hydrogen (secondary N) is 2. The number of ether oxygens (including phenoxy) is 1. The van der Waals surface area contributed by atoms with Crippen LogP contribution >= 0.6 is 0 Å². The highest BCUT2D eigenvalue weighted by molar-refractivity contribution is 5.93. The number of hydrogen-bond acceptors (Lipinski definition) is 4. The van der Waals surface area contributed by atoms with Crippen molar-refractivity contribution in [2.75, 3.05) is 25.0 Å². The van der Waals surface area contributed by atoms with Crippen LogP contribution < -0.4 is 10.6 Å². The Hall–Kier alpha value is -1.88. The third-order valence-electron chi connectivity index (χ3n) is 3.51. The number of esters is 1. The lowest BCUT2D eigenvalue weighted by Gasteiger charge is -2.09. The fourth-order valence-electron chi connectivity index (χ4n) is 2.17. The fourth-order valence-corrected chi connectivity index (χ4v) is 2.17. The van der Waals surface area contributed by atoms with Crippen molar-refractivity contribution in [3.05, 3.63) is 29.8 Å². The first-order chi connectivity index (χ1) is 11.9. The molecular weight excluding hydrogens is 316 g/mol. The first-order valence-corrected chi connectivity index (χ1v) is 9.16. The van der Waals surface area contributed by atoms with Crippen LogP contribution in [0.3, 0.4) is 0 Å². The highest BCUT2D eigenvalue weighted by atomic mass is 16.5. The van der Waals surface area contributed by atoms with E-state index in [1.54, 1.807) is 24.3 Å². The van der Waals surface area contributed by atoms with Gasteiger partial charge in [-0.2, -0.15) is 0 Å². The molecule has 1 aromatic carbocycles. The third kappa shape index (κ3) is 9.87. The topological polar surface area (TPSA) is 67.4 Å². The van der Waals surface area contributed by atoms with Crippen LogP contribution in [-0.2, 0) is 9.53 Å². The van der Waals surface area contributed by atoms with Gasteiger partial charge in [0.05, 0.1) is 12.2 Å². The lowest BCUT2D eigenvalue weighted by Crippen LogP contribution is -2.21. The number of carbonyl (C=O) groups is 2. The summed E-state index contributed by atoms with van der Waals surface area (Å²) in [5.74, 6) is 0.622. The van der Waals surface area contributed by atoms with Crippen LogP contribution in [0.1, 0.15) is 57.3 Å². The molecule has 0 heterocycles.